The molecule has 4 nitrogen and oxygen atoms in total. The molecule has 4 heteroatoms. The van der Waals surface area contributed by atoms with E-state index >= 15 is 0 Å². The van der Waals surface area contributed by atoms with Crippen molar-refractivity contribution in [2.24, 2.45) is 5.92 Å². The molecule has 1 spiro atoms. The van der Waals surface area contributed by atoms with Crippen molar-refractivity contribution in [3.63, 3.8) is 0 Å². The second-order valence-electron chi connectivity index (χ2n) is 5.68. The minimum Gasteiger partial charge on any atom is -0.466 e. The molecule has 2 heterocycles. The molecule has 2 saturated heterocycles. The van der Waals surface area contributed by atoms with E-state index in [1.807, 2.05) is 4.90 Å². The minimum absolute atomic E-state index is 0.150. The van der Waals surface area contributed by atoms with Crippen molar-refractivity contribution in [2.45, 2.75) is 31.2 Å². The molecule has 0 unspecified atom stereocenters. The van der Waals surface area contributed by atoms with E-state index in [0.717, 1.165) is 30.4 Å². The van der Waals surface area contributed by atoms with Gasteiger partial charge in [0.05, 0.1) is 12.6 Å². The number of methoxy groups -OCH3 is 1. The normalized spacial score (nSPS) is 34.1. The molecule has 3 rings (SSSR count). The molecule has 0 aromatic heterocycles. The molecule has 2 atom stereocenters. The number of piperidine rings is 1. The lowest BCUT2D eigenvalue weighted by Crippen LogP contribution is -2.54. The zero-order valence-corrected chi connectivity index (χ0v) is 11.7. The summed E-state index contributed by atoms with van der Waals surface area (Å²) in [7, 11) is 1.37. The molecule has 3 aliphatic rings. The number of carbonyl (C=O) groups is 2. The predicted octanol–water partition coefficient (Wildman–Crippen LogP) is 1.98. The monoisotopic (exact) mass is 273 g/mol. The van der Waals surface area contributed by atoms with Crippen LogP contribution in [0.15, 0.2) is 36.0 Å². The number of hydrogen-bond acceptors (Lipinski definition) is 3. The van der Waals surface area contributed by atoms with Crippen LogP contribution in [0.4, 0.5) is 0 Å². The van der Waals surface area contributed by atoms with Gasteiger partial charge >= 0.3 is 5.97 Å². The van der Waals surface area contributed by atoms with Crippen LogP contribution in [0.2, 0.25) is 0 Å². The summed E-state index contributed by atoms with van der Waals surface area (Å²) in [5, 5.41) is 0. The van der Waals surface area contributed by atoms with Gasteiger partial charge in [0.15, 0.2) is 0 Å². The summed E-state index contributed by atoms with van der Waals surface area (Å²) < 4.78 is 4.78. The third kappa shape index (κ3) is 1.67. The van der Waals surface area contributed by atoms with Gasteiger partial charge in [0, 0.05) is 25.0 Å². The number of nitrogens with zero attached hydrogens (tertiary/aromatic N) is 1. The lowest BCUT2D eigenvalue weighted by molar-refractivity contribution is -0.135. The lowest BCUT2D eigenvalue weighted by atomic mass is 9.68. The van der Waals surface area contributed by atoms with Crippen molar-refractivity contribution in [3.8, 4) is 0 Å². The van der Waals surface area contributed by atoms with Crippen LogP contribution >= 0.6 is 0 Å². The van der Waals surface area contributed by atoms with Gasteiger partial charge in [-0.1, -0.05) is 18.7 Å². The first kappa shape index (κ1) is 13.2. The standard InChI is InChI=1S/C16H19NO3/c1-11-6-8-17-14(18)9-12-5-3-4-7-16(12,17)13(11)10-15(19)20-2/h3,5,10,12H,1,4,6-9H2,2H3/b13-10+/t12-,16-/m0/s1. The smallest absolute Gasteiger partial charge is 0.330 e. The van der Waals surface area contributed by atoms with Crippen LogP contribution < -0.4 is 0 Å². The van der Waals surface area contributed by atoms with E-state index in [4.69, 9.17) is 4.74 Å². The maximum atomic E-state index is 12.3. The first-order valence-corrected chi connectivity index (χ1v) is 7.05. The Bertz CT molecular complexity index is 546. The number of allylic oxidation sites excluding steroid dienone is 1. The highest BCUT2D eigenvalue weighted by Crippen LogP contribution is 2.52. The summed E-state index contributed by atoms with van der Waals surface area (Å²) in [5.41, 5.74) is 1.49. The molecule has 0 radical (unpaired) electrons. The fourth-order valence-corrected chi connectivity index (χ4v) is 3.90. The molecule has 0 aromatic carbocycles. The Hall–Kier alpha value is -1.84. The van der Waals surface area contributed by atoms with Crippen molar-refractivity contribution in [2.75, 3.05) is 13.7 Å². The maximum absolute atomic E-state index is 12.3. The molecule has 1 aliphatic carbocycles. The molecular weight excluding hydrogens is 254 g/mol. The summed E-state index contributed by atoms with van der Waals surface area (Å²) in [4.78, 5) is 26.0. The summed E-state index contributed by atoms with van der Waals surface area (Å²) in [5.74, 6) is -0.0356. The topological polar surface area (TPSA) is 46.6 Å². The van der Waals surface area contributed by atoms with Crippen molar-refractivity contribution in [1.82, 2.24) is 4.90 Å². The number of ether oxygens (including phenoxy) is 1. The fourth-order valence-electron chi connectivity index (χ4n) is 3.90. The Labute approximate surface area is 118 Å². The van der Waals surface area contributed by atoms with E-state index < -0.39 is 0 Å². The highest BCUT2D eigenvalue weighted by atomic mass is 16.5. The first-order chi connectivity index (χ1) is 9.59. The summed E-state index contributed by atoms with van der Waals surface area (Å²) in [6, 6.07) is 0. The van der Waals surface area contributed by atoms with E-state index in [-0.39, 0.29) is 23.3 Å². The van der Waals surface area contributed by atoms with Gasteiger partial charge in [-0.15, -0.1) is 0 Å². The molecule has 2 aliphatic heterocycles. The van der Waals surface area contributed by atoms with Gasteiger partial charge in [-0.2, -0.15) is 0 Å². The van der Waals surface area contributed by atoms with E-state index in [0.29, 0.717) is 13.0 Å². The van der Waals surface area contributed by atoms with Crippen LogP contribution in [0.1, 0.15) is 25.7 Å². The predicted molar refractivity (Wildman–Crippen MR) is 74.8 cm³/mol. The molecule has 0 aromatic rings. The van der Waals surface area contributed by atoms with E-state index in [9.17, 15) is 9.59 Å². The third-order valence-corrected chi connectivity index (χ3v) is 4.80. The van der Waals surface area contributed by atoms with Gasteiger partial charge in [-0.25, -0.2) is 4.79 Å². The summed E-state index contributed by atoms with van der Waals surface area (Å²) >= 11 is 0. The van der Waals surface area contributed by atoms with E-state index in [1.54, 1.807) is 6.08 Å². The lowest BCUT2D eigenvalue weighted by Gasteiger charge is -2.49. The zero-order chi connectivity index (χ0) is 14.3. The van der Waals surface area contributed by atoms with E-state index in [1.165, 1.54) is 7.11 Å². The zero-order valence-electron chi connectivity index (χ0n) is 11.7. The van der Waals surface area contributed by atoms with Crippen LogP contribution in [0.3, 0.4) is 0 Å². The second kappa shape index (κ2) is 4.62. The molecule has 0 saturated carbocycles. The average Bonchev–Trinajstić information content (AvgIpc) is 2.74. The minimum atomic E-state index is -0.370. The number of esters is 1. The van der Waals surface area contributed by atoms with Crippen molar-refractivity contribution < 1.29 is 14.3 Å². The summed E-state index contributed by atoms with van der Waals surface area (Å²) in [6.07, 6.45) is 8.85. The van der Waals surface area contributed by atoms with Gasteiger partial charge < -0.3 is 9.64 Å². The van der Waals surface area contributed by atoms with Gasteiger partial charge in [-0.3, -0.25) is 4.79 Å². The Balaban J connectivity index is 2.13. The number of hydrogen-bond donors (Lipinski definition) is 0. The van der Waals surface area contributed by atoms with Gasteiger partial charge in [0.2, 0.25) is 5.91 Å². The van der Waals surface area contributed by atoms with Gasteiger partial charge in [0.25, 0.3) is 0 Å². The Kier molecular flexibility index (Phi) is 3.04. The maximum Gasteiger partial charge on any atom is 0.330 e. The summed E-state index contributed by atoms with van der Waals surface area (Å²) in [6.45, 7) is 4.82. The number of amides is 1. The molecule has 0 bridgehead atoms. The molecule has 20 heavy (non-hydrogen) atoms. The van der Waals surface area contributed by atoms with Crippen molar-refractivity contribution >= 4 is 11.9 Å². The van der Waals surface area contributed by atoms with Gasteiger partial charge in [-0.05, 0) is 30.4 Å². The Morgan fingerprint density at radius 3 is 3.15 bits per heavy atom. The highest BCUT2D eigenvalue weighted by Gasteiger charge is 2.56. The van der Waals surface area contributed by atoms with Crippen LogP contribution in [0.5, 0.6) is 0 Å². The van der Waals surface area contributed by atoms with Crippen LogP contribution in [-0.2, 0) is 14.3 Å². The molecular formula is C16H19NO3. The van der Waals surface area contributed by atoms with Crippen LogP contribution in [-0.4, -0.2) is 36.0 Å². The van der Waals surface area contributed by atoms with Crippen LogP contribution in [0, 0.1) is 5.92 Å². The van der Waals surface area contributed by atoms with Crippen molar-refractivity contribution in [1.29, 1.82) is 0 Å². The molecule has 2 fully saturated rings. The third-order valence-electron chi connectivity index (χ3n) is 4.80. The highest BCUT2D eigenvalue weighted by molar-refractivity contribution is 5.87. The van der Waals surface area contributed by atoms with Crippen molar-refractivity contribution in [3.05, 3.63) is 36.0 Å². The molecule has 1 amide bonds. The number of carbonyl (C=O) groups excluding carboxylic acids is 2. The first-order valence-electron chi connectivity index (χ1n) is 7.05. The quantitative estimate of drug-likeness (QED) is 0.417. The fraction of sp³-hybridized carbons (Fsp3) is 0.500. The van der Waals surface area contributed by atoms with Crippen LogP contribution in [0.25, 0.3) is 0 Å². The Morgan fingerprint density at radius 2 is 2.40 bits per heavy atom. The Morgan fingerprint density at radius 1 is 1.60 bits per heavy atom. The largest absolute Gasteiger partial charge is 0.466 e. The molecule has 0 N–H and O–H groups in total. The SMILES string of the molecule is C=C1CCN2C(=O)C[C@@H]3C=CCC[C@@]32/C1=C/C(=O)OC. The average molecular weight is 273 g/mol. The van der Waals surface area contributed by atoms with E-state index in [2.05, 4.69) is 18.7 Å². The number of rotatable bonds is 1. The second-order valence-corrected chi connectivity index (χ2v) is 5.68. The van der Waals surface area contributed by atoms with Gasteiger partial charge in [0.1, 0.15) is 0 Å². The molecule has 106 valence electrons.